The third-order valence-corrected chi connectivity index (χ3v) is 6.51. The first-order chi connectivity index (χ1) is 16.5. The Balaban J connectivity index is 1.50. The molecule has 34 heavy (non-hydrogen) atoms. The predicted octanol–water partition coefficient (Wildman–Crippen LogP) is 3.97. The van der Waals surface area contributed by atoms with Crippen LogP contribution in [0.25, 0.3) is 11.1 Å². The number of benzene rings is 2. The van der Waals surface area contributed by atoms with Gasteiger partial charge in [0.2, 0.25) is 0 Å². The molecule has 1 N–H and O–H groups in total. The summed E-state index contributed by atoms with van der Waals surface area (Å²) in [5, 5.41) is 10.7. The highest BCUT2D eigenvalue weighted by Crippen LogP contribution is 2.43. The number of rotatable bonds is 1. The number of fused-ring (bicyclic) bond motifs is 2. The van der Waals surface area contributed by atoms with Gasteiger partial charge in [-0.2, -0.15) is 0 Å². The maximum absolute atomic E-state index is 16.0. The smallest absolute Gasteiger partial charge is 0.329 e. The van der Waals surface area contributed by atoms with Gasteiger partial charge < -0.3 is 14.7 Å². The maximum atomic E-state index is 16.0. The van der Waals surface area contributed by atoms with E-state index >= 15 is 4.39 Å². The van der Waals surface area contributed by atoms with E-state index in [0.29, 0.717) is 37.3 Å². The molecule has 5 rings (SSSR count). The number of carbonyl (C=O) groups excluding carboxylic acids is 1. The molecular formula is C25H22ClFN4O3. The number of phenols is 1. The largest absolute Gasteiger partial charge is 0.507 e. The molecule has 174 valence electrons. The molecule has 2 aromatic carbocycles. The number of ether oxygens (including phenoxy) is 1. The van der Waals surface area contributed by atoms with Crippen molar-refractivity contribution in [3.63, 3.8) is 0 Å². The molecule has 0 radical (unpaired) electrons. The fraction of sp³-hybridized carbons (Fsp3) is 0.280. The number of hydrogen-bond acceptors (Lipinski definition) is 5. The minimum Gasteiger partial charge on any atom is -0.507 e. The Labute approximate surface area is 201 Å². The molecule has 0 saturated carbocycles. The van der Waals surface area contributed by atoms with Gasteiger partial charge in [0, 0.05) is 60.8 Å². The Hall–Kier alpha value is -3.54. The van der Waals surface area contributed by atoms with Gasteiger partial charge in [-0.15, -0.1) is 5.92 Å². The second-order valence-electron chi connectivity index (χ2n) is 8.24. The highest BCUT2D eigenvalue weighted by molar-refractivity contribution is 6.33. The van der Waals surface area contributed by atoms with Crippen LogP contribution in [0.15, 0.2) is 43.0 Å². The van der Waals surface area contributed by atoms with Crippen molar-refractivity contribution in [2.45, 2.75) is 19.5 Å². The predicted molar refractivity (Wildman–Crippen MR) is 125 cm³/mol. The van der Waals surface area contributed by atoms with Crippen molar-refractivity contribution in [2.75, 3.05) is 26.2 Å². The molecule has 0 spiro atoms. The minimum atomic E-state index is -0.607. The number of phenolic OH excluding ortho intramolecular Hbond substituents is 1. The number of nitrogens with zero attached hydrogens (tertiary/aromatic N) is 4. The summed E-state index contributed by atoms with van der Waals surface area (Å²) in [7, 11) is 0. The van der Waals surface area contributed by atoms with E-state index in [9.17, 15) is 9.90 Å². The third kappa shape index (κ3) is 3.87. The monoisotopic (exact) mass is 480 g/mol. The van der Waals surface area contributed by atoms with Gasteiger partial charge >= 0.3 is 6.03 Å². The lowest BCUT2D eigenvalue weighted by atomic mass is 9.95. The Morgan fingerprint density at radius 3 is 2.91 bits per heavy atom. The maximum Gasteiger partial charge on any atom is 0.329 e. The third-order valence-electron chi connectivity index (χ3n) is 6.19. The lowest BCUT2D eigenvalue weighted by molar-refractivity contribution is 0.0653. The molecule has 1 aromatic heterocycles. The van der Waals surface area contributed by atoms with E-state index in [1.165, 1.54) is 17.0 Å². The van der Waals surface area contributed by atoms with Gasteiger partial charge in [-0.3, -0.25) is 9.47 Å². The summed E-state index contributed by atoms with van der Waals surface area (Å²) in [5.74, 6) is 5.16. The van der Waals surface area contributed by atoms with E-state index in [1.54, 1.807) is 42.4 Å². The summed E-state index contributed by atoms with van der Waals surface area (Å²) in [4.78, 5) is 20.6. The zero-order valence-electron chi connectivity index (χ0n) is 18.5. The zero-order valence-corrected chi connectivity index (χ0v) is 19.2. The summed E-state index contributed by atoms with van der Waals surface area (Å²) in [6.07, 6.45) is 4.66. The van der Waals surface area contributed by atoms with Crippen molar-refractivity contribution in [1.82, 2.24) is 19.4 Å². The lowest BCUT2D eigenvalue weighted by Gasteiger charge is -2.39. The molecular weight excluding hydrogens is 459 g/mol. The number of hydrogen-bond donors (Lipinski definition) is 1. The van der Waals surface area contributed by atoms with Crippen molar-refractivity contribution in [1.29, 1.82) is 0 Å². The quantitative estimate of drug-likeness (QED) is 0.534. The topological polar surface area (TPSA) is 70.8 Å². The molecule has 2 aliphatic rings. The Kier molecular flexibility index (Phi) is 5.90. The first-order valence-electron chi connectivity index (χ1n) is 10.9. The number of imidazole rings is 1. The number of aromatic hydroxyl groups is 1. The van der Waals surface area contributed by atoms with Gasteiger partial charge in [0.15, 0.2) is 11.6 Å². The van der Waals surface area contributed by atoms with Crippen LogP contribution in [0.1, 0.15) is 18.1 Å². The van der Waals surface area contributed by atoms with Crippen LogP contribution in [-0.4, -0.2) is 62.8 Å². The fourth-order valence-corrected chi connectivity index (χ4v) is 4.83. The SMILES string of the molecule is CC#Cc1cc2c(c(F)c1-c1c(O)cccc1Cl)OC[C@H]1CN(C(=O)n3ccnc3)CCN1C2. The van der Waals surface area contributed by atoms with Crippen molar-refractivity contribution in [2.24, 2.45) is 0 Å². The number of carbonyl (C=O) groups is 1. The molecule has 7 nitrogen and oxygen atoms in total. The van der Waals surface area contributed by atoms with E-state index in [-0.39, 0.29) is 46.3 Å². The average Bonchev–Trinajstić information content (AvgIpc) is 3.29. The highest BCUT2D eigenvalue weighted by atomic mass is 35.5. The molecule has 3 heterocycles. The van der Waals surface area contributed by atoms with E-state index in [1.807, 2.05) is 0 Å². The highest BCUT2D eigenvalue weighted by Gasteiger charge is 2.35. The fourth-order valence-electron chi connectivity index (χ4n) is 4.56. The molecule has 0 unspecified atom stereocenters. The normalized spacial score (nSPS) is 17.6. The Morgan fingerprint density at radius 2 is 2.18 bits per heavy atom. The van der Waals surface area contributed by atoms with Gasteiger partial charge in [-0.1, -0.05) is 23.6 Å². The van der Waals surface area contributed by atoms with Gasteiger partial charge in [0.1, 0.15) is 18.7 Å². The molecule has 1 atom stereocenters. The Morgan fingerprint density at radius 1 is 1.32 bits per heavy atom. The van der Waals surface area contributed by atoms with Crippen molar-refractivity contribution in [3.05, 3.63) is 65.0 Å². The van der Waals surface area contributed by atoms with Crippen molar-refractivity contribution >= 4 is 17.6 Å². The van der Waals surface area contributed by atoms with Crippen LogP contribution in [-0.2, 0) is 6.54 Å². The van der Waals surface area contributed by atoms with Crippen LogP contribution in [0.5, 0.6) is 11.5 Å². The summed E-state index contributed by atoms with van der Waals surface area (Å²) in [6.45, 7) is 3.95. The molecule has 1 saturated heterocycles. The van der Waals surface area contributed by atoms with E-state index in [2.05, 4.69) is 21.7 Å². The molecule has 1 amide bonds. The van der Waals surface area contributed by atoms with Crippen LogP contribution >= 0.6 is 11.6 Å². The molecule has 0 bridgehead atoms. The van der Waals surface area contributed by atoms with Gasteiger partial charge in [-0.25, -0.2) is 14.2 Å². The number of piperazine rings is 1. The first kappa shape index (κ1) is 22.3. The number of amides is 1. The number of halogens is 2. The lowest BCUT2D eigenvalue weighted by Crippen LogP contribution is -2.56. The molecule has 2 aliphatic heterocycles. The Bertz CT molecular complexity index is 1300. The molecule has 0 aliphatic carbocycles. The minimum absolute atomic E-state index is 0.106. The van der Waals surface area contributed by atoms with Gasteiger partial charge in [0.25, 0.3) is 0 Å². The van der Waals surface area contributed by atoms with Crippen molar-refractivity contribution < 1.29 is 19.0 Å². The first-order valence-corrected chi connectivity index (χ1v) is 11.3. The summed E-state index contributed by atoms with van der Waals surface area (Å²) < 4.78 is 23.4. The van der Waals surface area contributed by atoms with Crippen LogP contribution in [0, 0.1) is 17.7 Å². The second kappa shape index (κ2) is 9.01. The van der Waals surface area contributed by atoms with Crippen LogP contribution in [0.4, 0.5) is 9.18 Å². The van der Waals surface area contributed by atoms with E-state index < -0.39 is 5.82 Å². The van der Waals surface area contributed by atoms with Crippen molar-refractivity contribution in [3.8, 4) is 34.5 Å². The average molecular weight is 481 g/mol. The standard InChI is InChI=1S/C25H22ClFN4O3/c1-2-4-16-11-17-12-29-9-10-30(25(33)31-8-7-28-15-31)13-18(29)14-34-24(17)23(27)21(16)22-19(26)5-3-6-20(22)32/h3,5-8,11,15,18,32H,9-10,12-14H2,1H3/t18-/m1/s1. The number of aromatic nitrogens is 2. The summed E-state index contributed by atoms with van der Waals surface area (Å²) >= 11 is 6.34. The molecule has 9 heteroatoms. The molecule has 1 fully saturated rings. The summed E-state index contributed by atoms with van der Waals surface area (Å²) in [6, 6.07) is 6.20. The van der Waals surface area contributed by atoms with Crippen LogP contribution < -0.4 is 4.74 Å². The molecule has 3 aromatic rings. The van der Waals surface area contributed by atoms with Gasteiger partial charge in [0.05, 0.1) is 11.1 Å². The zero-order chi connectivity index (χ0) is 23.8. The van der Waals surface area contributed by atoms with Gasteiger partial charge in [-0.05, 0) is 25.1 Å². The summed E-state index contributed by atoms with van der Waals surface area (Å²) in [5.41, 5.74) is 1.40. The van der Waals surface area contributed by atoms with E-state index in [4.69, 9.17) is 16.3 Å². The second-order valence-corrected chi connectivity index (χ2v) is 8.65. The van der Waals surface area contributed by atoms with E-state index in [0.717, 1.165) is 0 Å². The van der Waals surface area contributed by atoms with Crippen LogP contribution in [0.3, 0.4) is 0 Å². The van der Waals surface area contributed by atoms with Crippen LogP contribution in [0.2, 0.25) is 5.02 Å².